The zero-order valence-electron chi connectivity index (χ0n) is 61.9. The Morgan fingerprint density at radius 1 is 0.378 bits per heavy atom. The standard InChI is InChI=1S/C81H163N2O6P/c1-6-8-10-12-14-16-18-20-22-24-26-28-30-32-34-36-37-38-39-40-41-42-43-44-45-47-49-51-53-55-57-59-61-63-65-67-69-71-73-75-81(85)82-79(78-89-90(86,87)88-77-76-83(3,4)5)80(84)74-72-70-68-66-64-62-60-58-56-54-52-50-48-46-35-33-31-29-27-25-23-21-19-17-15-13-11-9-7-2/h24,26,79-80,84H,6-23,25,27-78H2,1-5H3,(H-,82,85,86,87)/b26-24-. The molecular formula is C81H163N2O6P. The Balaban J connectivity index is 3.87. The number of allylic oxidation sites excluding steroid dienone is 2. The van der Waals surface area contributed by atoms with E-state index < -0.39 is 20.0 Å². The highest BCUT2D eigenvalue weighted by Gasteiger charge is 2.24. The molecule has 0 heterocycles. The lowest BCUT2D eigenvalue weighted by Gasteiger charge is -2.30. The van der Waals surface area contributed by atoms with E-state index in [9.17, 15) is 19.4 Å². The van der Waals surface area contributed by atoms with Crippen molar-refractivity contribution in [2.24, 2.45) is 0 Å². The van der Waals surface area contributed by atoms with Crippen LogP contribution in [0.4, 0.5) is 0 Å². The molecule has 0 aliphatic carbocycles. The molecule has 3 unspecified atom stereocenters. The van der Waals surface area contributed by atoms with Crippen molar-refractivity contribution < 1.29 is 32.9 Å². The maximum atomic E-state index is 13.1. The summed E-state index contributed by atoms with van der Waals surface area (Å²) in [6, 6.07) is -0.799. The molecule has 0 saturated heterocycles. The molecule has 3 atom stereocenters. The van der Waals surface area contributed by atoms with E-state index in [1.165, 1.54) is 385 Å². The third-order valence-corrected chi connectivity index (χ3v) is 20.5. The normalized spacial score (nSPS) is 13.5. The van der Waals surface area contributed by atoms with Gasteiger partial charge in [-0.15, -0.1) is 0 Å². The zero-order valence-corrected chi connectivity index (χ0v) is 62.8. The Morgan fingerprint density at radius 2 is 0.611 bits per heavy atom. The smallest absolute Gasteiger partial charge is 0.268 e. The number of unbranched alkanes of at least 4 members (excludes halogenated alkanes) is 63. The average molecular weight is 1290 g/mol. The molecule has 538 valence electrons. The van der Waals surface area contributed by atoms with Crippen LogP contribution >= 0.6 is 7.82 Å². The van der Waals surface area contributed by atoms with Gasteiger partial charge in [-0.2, -0.15) is 0 Å². The Hall–Kier alpha value is -0.760. The second kappa shape index (κ2) is 72.5. The van der Waals surface area contributed by atoms with E-state index in [4.69, 9.17) is 9.05 Å². The molecule has 0 aliphatic rings. The SMILES string of the molecule is CCCCCCCCCC/C=C\CCCCCCCCCCCCCCCCCCCCCCCCCCCCCC(=O)NC(COP(=O)([O-])OCC[N+](C)(C)C)C(O)CCCCCCCCCCCCCCCCCCCCCCCCCCCCCCC. The molecule has 0 radical (unpaired) electrons. The summed E-state index contributed by atoms with van der Waals surface area (Å²) in [5, 5.41) is 14.2. The van der Waals surface area contributed by atoms with E-state index in [0.717, 1.165) is 38.5 Å². The fraction of sp³-hybridized carbons (Fsp3) is 0.963. The van der Waals surface area contributed by atoms with Crippen LogP contribution in [0.3, 0.4) is 0 Å². The molecule has 0 aromatic heterocycles. The fourth-order valence-electron chi connectivity index (χ4n) is 13.2. The maximum Gasteiger partial charge on any atom is 0.268 e. The van der Waals surface area contributed by atoms with Gasteiger partial charge in [0.2, 0.25) is 5.91 Å². The lowest BCUT2D eigenvalue weighted by molar-refractivity contribution is -0.870. The Labute approximate surface area is 564 Å². The second-order valence-corrected chi connectivity index (χ2v) is 31.3. The summed E-state index contributed by atoms with van der Waals surface area (Å²) in [4.78, 5) is 25.8. The van der Waals surface area contributed by atoms with Crippen LogP contribution in [0.2, 0.25) is 0 Å². The van der Waals surface area contributed by atoms with Gasteiger partial charge in [0.15, 0.2) is 0 Å². The van der Waals surface area contributed by atoms with Gasteiger partial charge < -0.3 is 28.8 Å². The van der Waals surface area contributed by atoms with Crippen LogP contribution in [0.25, 0.3) is 0 Å². The molecule has 2 N–H and O–H groups in total. The Morgan fingerprint density at radius 3 is 0.867 bits per heavy atom. The van der Waals surface area contributed by atoms with Crippen molar-refractivity contribution in [1.29, 1.82) is 0 Å². The van der Waals surface area contributed by atoms with Gasteiger partial charge in [-0.3, -0.25) is 9.36 Å². The number of likely N-dealkylation sites (N-methyl/N-ethyl adjacent to an activating group) is 1. The third-order valence-electron chi connectivity index (χ3n) is 19.5. The van der Waals surface area contributed by atoms with E-state index in [1.807, 2.05) is 21.1 Å². The number of nitrogens with zero attached hydrogens (tertiary/aromatic N) is 1. The topological polar surface area (TPSA) is 108 Å². The van der Waals surface area contributed by atoms with Crippen molar-refractivity contribution >= 4 is 13.7 Å². The van der Waals surface area contributed by atoms with Gasteiger partial charge in [0.25, 0.3) is 7.82 Å². The summed E-state index contributed by atoms with van der Waals surface area (Å²) in [6.45, 7) is 4.80. The molecule has 1 amide bonds. The maximum absolute atomic E-state index is 13.1. The highest BCUT2D eigenvalue weighted by atomic mass is 31.2. The molecule has 9 heteroatoms. The molecule has 0 aliphatic heterocycles. The minimum Gasteiger partial charge on any atom is -0.756 e. The first-order valence-corrected chi connectivity index (χ1v) is 42.5. The predicted octanol–water partition coefficient (Wildman–Crippen LogP) is 26.2. The number of amides is 1. The lowest BCUT2D eigenvalue weighted by Crippen LogP contribution is -2.46. The second-order valence-electron chi connectivity index (χ2n) is 29.8. The average Bonchev–Trinajstić information content (AvgIpc) is 3.72. The molecule has 0 fully saturated rings. The monoisotopic (exact) mass is 1290 g/mol. The highest BCUT2D eigenvalue weighted by Crippen LogP contribution is 2.38. The van der Waals surface area contributed by atoms with Crippen LogP contribution in [0, 0.1) is 0 Å². The summed E-state index contributed by atoms with van der Waals surface area (Å²) in [7, 11) is 1.33. The number of nitrogens with one attached hydrogen (secondary N) is 1. The number of quaternary nitrogens is 1. The van der Waals surface area contributed by atoms with Crippen LogP contribution in [-0.4, -0.2) is 68.5 Å². The number of phosphoric acid groups is 1. The van der Waals surface area contributed by atoms with E-state index >= 15 is 0 Å². The van der Waals surface area contributed by atoms with Gasteiger partial charge in [0.1, 0.15) is 13.2 Å². The van der Waals surface area contributed by atoms with E-state index in [-0.39, 0.29) is 19.1 Å². The number of hydrogen-bond acceptors (Lipinski definition) is 6. The molecule has 0 aromatic carbocycles. The number of carbonyl (C=O) groups excluding carboxylic acids is 1. The van der Waals surface area contributed by atoms with Gasteiger partial charge in [-0.1, -0.05) is 418 Å². The number of phosphoric ester groups is 1. The van der Waals surface area contributed by atoms with E-state index in [1.54, 1.807) is 0 Å². The number of aliphatic hydroxyl groups is 1. The third kappa shape index (κ3) is 74.6. The van der Waals surface area contributed by atoms with Crippen LogP contribution < -0.4 is 10.2 Å². The van der Waals surface area contributed by atoms with Crippen LogP contribution in [0.1, 0.15) is 450 Å². The summed E-state index contributed by atoms with van der Waals surface area (Å²) in [5.41, 5.74) is 0. The summed E-state index contributed by atoms with van der Waals surface area (Å²) >= 11 is 0. The Kier molecular flexibility index (Phi) is 71.9. The molecule has 8 nitrogen and oxygen atoms in total. The molecule has 90 heavy (non-hydrogen) atoms. The molecule has 0 saturated carbocycles. The first-order valence-electron chi connectivity index (χ1n) is 41.0. The van der Waals surface area contributed by atoms with Gasteiger partial charge in [-0.25, -0.2) is 0 Å². The van der Waals surface area contributed by atoms with Crippen LogP contribution in [0.15, 0.2) is 12.2 Å². The number of hydrogen-bond donors (Lipinski definition) is 2. The molecule has 0 rings (SSSR count). The zero-order chi connectivity index (χ0) is 65.5. The van der Waals surface area contributed by atoms with Crippen molar-refractivity contribution in [3.63, 3.8) is 0 Å². The van der Waals surface area contributed by atoms with Gasteiger partial charge in [-0.05, 0) is 38.5 Å². The number of carbonyl (C=O) groups is 1. The molecule has 0 bridgehead atoms. The highest BCUT2D eigenvalue weighted by molar-refractivity contribution is 7.45. The van der Waals surface area contributed by atoms with Crippen LogP contribution in [0.5, 0.6) is 0 Å². The van der Waals surface area contributed by atoms with Crippen molar-refractivity contribution in [1.82, 2.24) is 5.32 Å². The summed E-state index contributed by atoms with van der Waals surface area (Å²) < 4.78 is 23.6. The van der Waals surface area contributed by atoms with Crippen molar-refractivity contribution in [3.05, 3.63) is 12.2 Å². The minimum atomic E-state index is -4.58. The summed E-state index contributed by atoms with van der Waals surface area (Å²) in [5.74, 6) is -0.152. The van der Waals surface area contributed by atoms with E-state index in [2.05, 4.69) is 31.3 Å². The predicted molar refractivity (Wildman–Crippen MR) is 395 cm³/mol. The van der Waals surface area contributed by atoms with Gasteiger partial charge in [0, 0.05) is 6.42 Å². The van der Waals surface area contributed by atoms with E-state index in [0.29, 0.717) is 23.9 Å². The largest absolute Gasteiger partial charge is 0.756 e. The van der Waals surface area contributed by atoms with Crippen molar-refractivity contribution in [2.75, 3.05) is 40.9 Å². The lowest BCUT2D eigenvalue weighted by atomic mass is 10.0. The first-order chi connectivity index (χ1) is 44.0. The van der Waals surface area contributed by atoms with Crippen molar-refractivity contribution in [3.8, 4) is 0 Å². The summed E-state index contributed by atoms with van der Waals surface area (Å²) in [6.07, 6.45) is 94.9. The number of aliphatic hydroxyl groups excluding tert-OH is 1. The van der Waals surface area contributed by atoms with Crippen LogP contribution in [-0.2, 0) is 18.4 Å². The number of rotatable bonds is 78. The minimum absolute atomic E-state index is 0.0165. The molecular weight excluding hydrogens is 1130 g/mol. The quantitative estimate of drug-likeness (QED) is 0.0272. The fourth-order valence-corrected chi connectivity index (χ4v) is 13.9. The molecule has 0 spiro atoms. The van der Waals surface area contributed by atoms with Crippen molar-refractivity contribution in [2.45, 2.75) is 463 Å². The molecule has 0 aromatic rings. The Bertz CT molecular complexity index is 1470. The van der Waals surface area contributed by atoms with Gasteiger partial charge >= 0.3 is 0 Å². The first kappa shape index (κ1) is 89.2. The van der Waals surface area contributed by atoms with Gasteiger partial charge in [0.05, 0.1) is 39.9 Å².